The number of nitrogens with one attached hydrogen (secondary N) is 2. The van der Waals surface area contributed by atoms with E-state index >= 15 is 0 Å². The number of benzene rings is 2. The van der Waals surface area contributed by atoms with Gasteiger partial charge in [0, 0.05) is 19.7 Å². The van der Waals surface area contributed by atoms with E-state index in [1.54, 1.807) is 31.3 Å². The van der Waals surface area contributed by atoms with Crippen molar-refractivity contribution in [2.24, 2.45) is 0 Å². The van der Waals surface area contributed by atoms with Gasteiger partial charge in [0.05, 0.1) is 11.8 Å². The molecule has 0 heterocycles. The fourth-order valence-electron chi connectivity index (χ4n) is 4.82. The lowest BCUT2D eigenvalue weighted by atomic mass is 9.99. The molecule has 0 spiro atoms. The van der Waals surface area contributed by atoms with E-state index in [1.807, 2.05) is 6.07 Å². The van der Waals surface area contributed by atoms with Crippen LogP contribution in [0.1, 0.15) is 53.6 Å². The largest absolute Gasteiger partial charge is 0.338 e. The highest BCUT2D eigenvalue weighted by molar-refractivity contribution is 7.90. The second-order valence-electron chi connectivity index (χ2n) is 8.63. The van der Waals surface area contributed by atoms with Gasteiger partial charge in [-0.3, -0.25) is 4.79 Å². The van der Waals surface area contributed by atoms with Crippen LogP contribution in [-0.4, -0.2) is 38.1 Å². The minimum atomic E-state index is -4.01. The summed E-state index contributed by atoms with van der Waals surface area (Å²) in [6.07, 6.45) is 5.86. The summed E-state index contributed by atoms with van der Waals surface area (Å²) in [6.45, 7) is 1.39. The first-order valence-electron chi connectivity index (χ1n) is 11.0. The van der Waals surface area contributed by atoms with E-state index < -0.39 is 27.8 Å². The maximum absolute atomic E-state index is 12.9. The Labute approximate surface area is 189 Å². The number of hydrogen-bond acceptors (Lipinski definition) is 4. The molecule has 2 aliphatic carbocycles. The lowest BCUT2D eigenvalue weighted by Gasteiger charge is -2.27. The molecule has 3 amide bonds. The molecule has 0 radical (unpaired) electrons. The van der Waals surface area contributed by atoms with Gasteiger partial charge in [-0.2, -0.15) is 0 Å². The first kappa shape index (κ1) is 22.3. The van der Waals surface area contributed by atoms with Crippen molar-refractivity contribution < 1.29 is 18.0 Å². The molecule has 2 aromatic carbocycles. The topological polar surface area (TPSA) is 95.6 Å². The number of hydrogen-bond donors (Lipinski definition) is 2. The molecule has 0 saturated heterocycles. The molecule has 7 nitrogen and oxygen atoms in total. The zero-order valence-corrected chi connectivity index (χ0v) is 19.3. The lowest BCUT2D eigenvalue weighted by molar-refractivity contribution is -0.129. The van der Waals surface area contributed by atoms with Gasteiger partial charge >= 0.3 is 6.03 Å². The van der Waals surface area contributed by atoms with E-state index in [0.29, 0.717) is 5.56 Å². The number of nitrogens with zero attached hydrogens (tertiary/aromatic N) is 1. The van der Waals surface area contributed by atoms with Gasteiger partial charge in [-0.15, -0.1) is 0 Å². The number of urea groups is 1. The summed E-state index contributed by atoms with van der Waals surface area (Å²) >= 11 is 0. The van der Waals surface area contributed by atoms with Crippen LogP contribution in [0, 0.1) is 0 Å². The highest BCUT2D eigenvalue weighted by Crippen LogP contribution is 2.38. The van der Waals surface area contributed by atoms with Gasteiger partial charge in [-0.1, -0.05) is 36.4 Å². The summed E-state index contributed by atoms with van der Waals surface area (Å²) in [6, 6.07) is 9.75. The van der Waals surface area contributed by atoms with Gasteiger partial charge in [-0.05, 0) is 66.3 Å². The number of amides is 3. The zero-order chi connectivity index (χ0) is 22.9. The second kappa shape index (κ2) is 8.94. The third-order valence-corrected chi connectivity index (χ3v) is 7.74. The van der Waals surface area contributed by atoms with Crippen molar-refractivity contribution in [2.45, 2.75) is 51.5 Å². The Balaban J connectivity index is 1.53. The monoisotopic (exact) mass is 455 g/mol. The van der Waals surface area contributed by atoms with Crippen LogP contribution in [0.4, 0.5) is 10.5 Å². The van der Waals surface area contributed by atoms with Crippen LogP contribution in [0.25, 0.3) is 0 Å². The summed E-state index contributed by atoms with van der Waals surface area (Å²) in [5.74, 6) is -0.667. The van der Waals surface area contributed by atoms with Crippen LogP contribution >= 0.6 is 0 Å². The number of aryl methyl sites for hydroxylation is 2. The molecule has 1 atom stereocenters. The summed E-state index contributed by atoms with van der Waals surface area (Å²) in [4.78, 5) is 26.1. The number of sulfonamides is 1. The van der Waals surface area contributed by atoms with Crippen molar-refractivity contribution in [1.29, 1.82) is 0 Å². The molecular weight excluding hydrogens is 426 g/mol. The van der Waals surface area contributed by atoms with Crippen LogP contribution in [0.3, 0.4) is 0 Å². The fourth-order valence-corrected chi connectivity index (χ4v) is 6.07. The first-order valence-corrected chi connectivity index (χ1v) is 12.7. The third kappa shape index (κ3) is 4.65. The van der Waals surface area contributed by atoms with Gasteiger partial charge in [0.2, 0.25) is 15.9 Å². The van der Waals surface area contributed by atoms with Crippen molar-refractivity contribution in [2.75, 3.05) is 18.1 Å². The Kier molecular flexibility index (Phi) is 6.24. The Morgan fingerprint density at radius 2 is 1.59 bits per heavy atom. The molecular formula is C24H29N3O4S. The number of fused-ring (bicyclic) bond motifs is 2. The normalized spacial score (nSPS) is 15.6. The quantitative estimate of drug-likeness (QED) is 0.698. The maximum Gasteiger partial charge on any atom is 0.332 e. The van der Waals surface area contributed by atoms with Gasteiger partial charge in [0.1, 0.15) is 0 Å². The van der Waals surface area contributed by atoms with Crippen LogP contribution < -0.4 is 10.0 Å². The Morgan fingerprint density at radius 3 is 2.16 bits per heavy atom. The van der Waals surface area contributed by atoms with E-state index in [1.165, 1.54) is 23.0 Å². The van der Waals surface area contributed by atoms with Crippen molar-refractivity contribution >= 4 is 27.6 Å². The molecule has 1 unspecified atom stereocenters. The molecule has 0 saturated carbocycles. The fraction of sp³-hybridized carbons (Fsp3) is 0.417. The van der Waals surface area contributed by atoms with Crippen molar-refractivity contribution in [3.63, 3.8) is 0 Å². The van der Waals surface area contributed by atoms with E-state index in [0.717, 1.165) is 55.3 Å². The van der Waals surface area contributed by atoms with Crippen molar-refractivity contribution in [3.8, 4) is 0 Å². The minimum Gasteiger partial charge on any atom is -0.338 e. The molecule has 2 N–H and O–H groups in total. The van der Waals surface area contributed by atoms with Crippen LogP contribution in [-0.2, 0) is 40.5 Å². The molecule has 32 heavy (non-hydrogen) atoms. The van der Waals surface area contributed by atoms with Crippen molar-refractivity contribution in [3.05, 3.63) is 64.2 Å². The van der Waals surface area contributed by atoms with Crippen LogP contribution in [0.5, 0.6) is 0 Å². The van der Waals surface area contributed by atoms with Crippen molar-refractivity contribution in [1.82, 2.24) is 9.62 Å². The summed E-state index contributed by atoms with van der Waals surface area (Å²) < 4.78 is 28.0. The standard InChI is InChI=1S/C24H29N3O4S/c1-16(28)27(2)22(17-8-4-3-5-9-17)15-32(30,31)26-24(29)25-23-20-12-6-10-18(20)14-19-11-7-13-21(19)23/h3-5,8-9,14,22H,6-7,10-13,15H2,1-2H3,(H2,25,26,29). The lowest BCUT2D eigenvalue weighted by Crippen LogP contribution is -2.41. The number of rotatable bonds is 6. The number of anilines is 1. The van der Waals surface area contributed by atoms with E-state index in [4.69, 9.17) is 0 Å². The maximum atomic E-state index is 12.9. The Bertz CT molecular complexity index is 1110. The molecule has 8 heteroatoms. The molecule has 2 aromatic rings. The zero-order valence-electron chi connectivity index (χ0n) is 18.5. The molecule has 0 bridgehead atoms. The SMILES string of the molecule is CC(=O)N(C)C(CS(=O)(=O)NC(=O)Nc1c2c(cc3c1CCC3)CCC2)c1ccccc1. The van der Waals surface area contributed by atoms with Gasteiger partial charge in [0.25, 0.3) is 0 Å². The average Bonchev–Trinajstić information content (AvgIpc) is 3.41. The Hall–Kier alpha value is -2.87. The molecule has 2 aliphatic rings. The minimum absolute atomic E-state index is 0.256. The molecule has 4 rings (SSSR count). The van der Waals surface area contributed by atoms with E-state index in [2.05, 4.69) is 16.1 Å². The van der Waals surface area contributed by atoms with E-state index in [9.17, 15) is 18.0 Å². The van der Waals surface area contributed by atoms with Crippen LogP contribution in [0.2, 0.25) is 0 Å². The molecule has 0 fully saturated rings. The highest BCUT2D eigenvalue weighted by atomic mass is 32.2. The number of carbonyl (C=O) groups is 2. The summed E-state index contributed by atoms with van der Waals surface area (Å²) in [5, 5.41) is 2.85. The molecule has 170 valence electrons. The van der Waals surface area contributed by atoms with Gasteiger partial charge in [-0.25, -0.2) is 17.9 Å². The third-order valence-electron chi connectivity index (χ3n) is 6.49. The van der Waals surface area contributed by atoms with Crippen LogP contribution in [0.15, 0.2) is 36.4 Å². The summed E-state index contributed by atoms with van der Waals surface area (Å²) in [7, 11) is -2.45. The molecule has 0 aliphatic heterocycles. The predicted molar refractivity (Wildman–Crippen MR) is 124 cm³/mol. The number of carbonyl (C=O) groups excluding carboxylic acids is 2. The Morgan fingerprint density at radius 1 is 1.00 bits per heavy atom. The predicted octanol–water partition coefficient (Wildman–Crippen LogP) is 3.33. The first-order chi connectivity index (χ1) is 15.2. The highest BCUT2D eigenvalue weighted by Gasteiger charge is 2.29. The van der Waals surface area contributed by atoms with Gasteiger partial charge in [0.15, 0.2) is 0 Å². The smallest absolute Gasteiger partial charge is 0.332 e. The summed E-state index contributed by atoms with van der Waals surface area (Å²) in [5.41, 5.74) is 6.27. The average molecular weight is 456 g/mol. The second-order valence-corrected chi connectivity index (χ2v) is 10.4. The van der Waals surface area contributed by atoms with Gasteiger partial charge < -0.3 is 10.2 Å². The van der Waals surface area contributed by atoms with E-state index in [-0.39, 0.29) is 5.91 Å². The molecule has 0 aromatic heterocycles.